The van der Waals surface area contributed by atoms with E-state index in [4.69, 9.17) is 11.6 Å². The second-order valence-electron chi connectivity index (χ2n) is 9.64. The van der Waals surface area contributed by atoms with E-state index in [0.29, 0.717) is 17.6 Å². The Balaban J connectivity index is 1.08. The van der Waals surface area contributed by atoms with Gasteiger partial charge < -0.3 is 19.4 Å². The Morgan fingerprint density at radius 3 is 2.76 bits per heavy atom. The van der Waals surface area contributed by atoms with Gasteiger partial charge in [0.15, 0.2) is 0 Å². The van der Waals surface area contributed by atoms with Crippen LogP contribution in [0.4, 0.5) is 0 Å². The van der Waals surface area contributed by atoms with Gasteiger partial charge in [-0.25, -0.2) is 0 Å². The number of piperidine rings is 1. The van der Waals surface area contributed by atoms with Crippen LogP contribution in [-0.2, 0) is 26.1 Å². The minimum atomic E-state index is 0.0180. The number of aromatic nitrogens is 3. The second kappa shape index (κ2) is 8.38. The largest absolute Gasteiger partial charge is 0.313 e. The summed E-state index contributed by atoms with van der Waals surface area (Å²) in [5.41, 5.74) is 5.24. The minimum absolute atomic E-state index is 0.0180. The van der Waals surface area contributed by atoms with E-state index in [-0.39, 0.29) is 17.0 Å². The number of hydrogen-bond donors (Lipinski definition) is 1. The first-order valence-corrected chi connectivity index (χ1v) is 12.3. The van der Waals surface area contributed by atoms with Crippen molar-refractivity contribution in [3.8, 4) is 0 Å². The van der Waals surface area contributed by atoms with Gasteiger partial charge in [0.1, 0.15) is 0 Å². The lowest BCUT2D eigenvalue weighted by Crippen LogP contribution is -2.43. The first-order chi connectivity index (χ1) is 16.1. The van der Waals surface area contributed by atoms with Crippen LogP contribution in [0.1, 0.15) is 42.0 Å². The summed E-state index contributed by atoms with van der Waals surface area (Å²) in [7, 11) is 0. The summed E-state index contributed by atoms with van der Waals surface area (Å²) in [4.78, 5) is 31.6. The van der Waals surface area contributed by atoms with E-state index in [9.17, 15) is 9.59 Å². The van der Waals surface area contributed by atoms with Crippen LogP contribution in [0.25, 0.3) is 11.0 Å². The van der Waals surface area contributed by atoms with Gasteiger partial charge >= 0.3 is 0 Å². The van der Waals surface area contributed by atoms with Gasteiger partial charge in [-0.15, -0.1) is 0 Å². The summed E-state index contributed by atoms with van der Waals surface area (Å²) in [5, 5.41) is 4.33. The molecule has 6 heterocycles. The Kier molecular flexibility index (Phi) is 5.35. The van der Waals surface area contributed by atoms with Crippen molar-refractivity contribution in [2.45, 2.75) is 57.3 Å². The molecule has 3 aliphatic rings. The molecule has 0 bridgehead atoms. The Labute approximate surface area is 197 Å². The van der Waals surface area contributed by atoms with Crippen molar-refractivity contribution in [2.75, 3.05) is 19.6 Å². The normalized spacial score (nSPS) is 20.6. The smallest absolute Gasteiger partial charge is 0.251 e. The van der Waals surface area contributed by atoms with Crippen LogP contribution in [0.3, 0.4) is 0 Å². The third-order valence-corrected chi connectivity index (χ3v) is 7.85. The van der Waals surface area contributed by atoms with Crippen LogP contribution in [0.5, 0.6) is 0 Å². The molecule has 1 saturated heterocycles. The van der Waals surface area contributed by atoms with Crippen molar-refractivity contribution < 1.29 is 0 Å². The number of rotatable bonds is 5. The number of nitrogens with zero attached hydrogens (tertiary/aromatic N) is 4. The van der Waals surface area contributed by atoms with Crippen LogP contribution >= 0.6 is 11.6 Å². The van der Waals surface area contributed by atoms with Crippen molar-refractivity contribution in [1.82, 2.24) is 24.3 Å². The molecule has 0 spiro atoms. The molecule has 0 saturated carbocycles. The van der Waals surface area contributed by atoms with Gasteiger partial charge in [-0.1, -0.05) is 11.6 Å². The van der Waals surface area contributed by atoms with Gasteiger partial charge in [0.05, 0.1) is 16.1 Å². The highest BCUT2D eigenvalue weighted by molar-refractivity contribution is 6.32. The van der Waals surface area contributed by atoms with Crippen LogP contribution in [0, 0.1) is 0 Å². The maximum Gasteiger partial charge on any atom is 0.251 e. The highest BCUT2D eigenvalue weighted by atomic mass is 35.5. The van der Waals surface area contributed by atoms with E-state index in [1.807, 2.05) is 9.13 Å². The van der Waals surface area contributed by atoms with Crippen LogP contribution in [-0.4, -0.2) is 44.7 Å². The maximum absolute atomic E-state index is 12.4. The first-order valence-electron chi connectivity index (χ1n) is 11.9. The number of halogens is 1. The highest BCUT2D eigenvalue weighted by Gasteiger charge is 2.31. The quantitative estimate of drug-likeness (QED) is 0.627. The third kappa shape index (κ3) is 3.82. The number of aryl methyl sites for hydroxylation is 1. The molecule has 0 radical (unpaired) electrons. The molecule has 0 aromatic carbocycles. The second-order valence-corrected chi connectivity index (χ2v) is 10.0. The SMILES string of the molecule is O=c1cc(CNC2CCN(CC3Cn4c(=O)ccc5ncc(Cl)c3c54)CC2)cc2n1CCC2. The molecule has 3 aromatic rings. The maximum atomic E-state index is 12.4. The zero-order valence-electron chi connectivity index (χ0n) is 18.6. The zero-order valence-corrected chi connectivity index (χ0v) is 19.4. The zero-order chi connectivity index (χ0) is 22.5. The van der Waals surface area contributed by atoms with E-state index in [1.54, 1.807) is 24.4 Å². The molecule has 33 heavy (non-hydrogen) atoms. The summed E-state index contributed by atoms with van der Waals surface area (Å²) in [5.74, 6) is 0.210. The molecular formula is C25H28ClN5O2. The summed E-state index contributed by atoms with van der Waals surface area (Å²) in [6.07, 6.45) is 5.94. The average molecular weight is 466 g/mol. The molecular weight excluding hydrogens is 438 g/mol. The molecule has 8 heteroatoms. The fourth-order valence-corrected chi connectivity index (χ4v) is 6.17. The van der Waals surface area contributed by atoms with Gasteiger partial charge in [-0.05, 0) is 56.5 Å². The Bertz CT molecular complexity index is 1340. The standard InChI is InChI=1S/C25H28ClN5O2/c26-20-13-28-21-3-4-22(32)31-15-17(24(20)25(21)31)14-29-8-5-18(6-9-29)27-12-16-10-19-2-1-7-30(19)23(33)11-16/h3-4,10-11,13,17-18,27H,1-2,5-9,12,14-15H2. The highest BCUT2D eigenvalue weighted by Crippen LogP contribution is 2.37. The molecule has 1 unspecified atom stereocenters. The number of likely N-dealkylation sites (tertiary alicyclic amines) is 1. The van der Waals surface area contributed by atoms with E-state index in [1.165, 1.54) is 5.69 Å². The van der Waals surface area contributed by atoms with Gasteiger partial charge in [0.25, 0.3) is 11.1 Å². The van der Waals surface area contributed by atoms with Crippen LogP contribution < -0.4 is 16.4 Å². The molecule has 1 fully saturated rings. The number of nitrogens with one attached hydrogen (secondary N) is 1. The molecule has 0 amide bonds. The summed E-state index contributed by atoms with van der Waals surface area (Å²) < 4.78 is 3.74. The van der Waals surface area contributed by atoms with Crippen molar-refractivity contribution in [3.05, 3.63) is 73.0 Å². The summed E-state index contributed by atoms with van der Waals surface area (Å²) in [6.45, 7) is 5.20. The molecule has 6 rings (SSSR count). The molecule has 172 valence electrons. The fourth-order valence-electron chi connectivity index (χ4n) is 5.88. The van der Waals surface area contributed by atoms with E-state index in [2.05, 4.69) is 21.3 Å². The lowest BCUT2D eigenvalue weighted by molar-refractivity contribution is 0.185. The predicted molar refractivity (Wildman–Crippen MR) is 129 cm³/mol. The molecule has 3 aromatic heterocycles. The summed E-state index contributed by atoms with van der Waals surface area (Å²) in [6, 6.07) is 7.83. The molecule has 1 atom stereocenters. The van der Waals surface area contributed by atoms with Gasteiger partial charge in [-0.3, -0.25) is 14.6 Å². The third-order valence-electron chi connectivity index (χ3n) is 7.55. The molecule has 0 aliphatic carbocycles. The lowest BCUT2D eigenvalue weighted by atomic mass is 9.98. The Morgan fingerprint density at radius 1 is 1.06 bits per heavy atom. The topological polar surface area (TPSA) is 72.2 Å². The Hall–Kier alpha value is -2.48. The minimum Gasteiger partial charge on any atom is -0.313 e. The summed E-state index contributed by atoms with van der Waals surface area (Å²) >= 11 is 6.54. The van der Waals surface area contributed by atoms with Crippen molar-refractivity contribution >= 4 is 22.6 Å². The molecule has 1 N–H and O–H groups in total. The van der Waals surface area contributed by atoms with E-state index >= 15 is 0 Å². The van der Waals surface area contributed by atoms with Crippen molar-refractivity contribution in [3.63, 3.8) is 0 Å². The Morgan fingerprint density at radius 2 is 1.91 bits per heavy atom. The van der Waals surface area contributed by atoms with Crippen molar-refractivity contribution in [1.29, 1.82) is 0 Å². The van der Waals surface area contributed by atoms with E-state index < -0.39 is 0 Å². The first kappa shape index (κ1) is 21.1. The van der Waals surface area contributed by atoms with Gasteiger partial charge in [-0.2, -0.15) is 0 Å². The lowest BCUT2D eigenvalue weighted by Gasteiger charge is -2.34. The molecule has 3 aliphatic heterocycles. The van der Waals surface area contributed by atoms with Crippen molar-refractivity contribution in [2.24, 2.45) is 0 Å². The molecule has 7 nitrogen and oxygen atoms in total. The van der Waals surface area contributed by atoms with E-state index in [0.717, 1.165) is 80.6 Å². The van der Waals surface area contributed by atoms with Crippen LogP contribution in [0.15, 0.2) is 40.1 Å². The number of pyridine rings is 3. The monoisotopic (exact) mass is 465 g/mol. The predicted octanol–water partition coefficient (Wildman–Crippen LogP) is 2.51. The number of hydrogen-bond acceptors (Lipinski definition) is 5. The van der Waals surface area contributed by atoms with Gasteiger partial charge in [0.2, 0.25) is 0 Å². The fraction of sp³-hybridized carbons (Fsp3) is 0.480. The number of fused-ring (bicyclic) bond motifs is 1. The van der Waals surface area contributed by atoms with Gasteiger partial charge in [0, 0.05) is 67.7 Å². The average Bonchev–Trinajstić information content (AvgIpc) is 3.44. The van der Waals surface area contributed by atoms with Crippen LogP contribution in [0.2, 0.25) is 5.02 Å².